The third-order valence-corrected chi connectivity index (χ3v) is 5.06. The fourth-order valence-corrected chi connectivity index (χ4v) is 3.66. The summed E-state index contributed by atoms with van der Waals surface area (Å²) in [5.74, 6) is 0.0691. The Hall–Kier alpha value is -2.15. The summed E-state index contributed by atoms with van der Waals surface area (Å²) >= 11 is 14.8. The molecule has 0 aromatic heterocycles. The van der Waals surface area contributed by atoms with Crippen molar-refractivity contribution in [3.05, 3.63) is 69.7 Å². The van der Waals surface area contributed by atoms with E-state index in [1.807, 2.05) is 36.4 Å². The third-order valence-electron chi connectivity index (χ3n) is 3.74. The molecule has 132 valence electrons. The van der Waals surface area contributed by atoms with Crippen LogP contribution in [0, 0.1) is 0 Å². The van der Waals surface area contributed by atoms with Gasteiger partial charge < -0.3 is 10.1 Å². The third kappa shape index (κ3) is 3.82. The highest BCUT2D eigenvalue weighted by Crippen LogP contribution is 2.36. The van der Waals surface area contributed by atoms with Crippen LogP contribution in [0.15, 0.2) is 59.1 Å². The molecule has 0 aliphatic rings. The summed E-state index contributed by atoms with van der Waals surface area (Å²) in [6.07, 6.45) is 0. The van der Waals surface area contributed by atoms with Crippen LogP contribution in [0.5, 0.6) is 5.75 Å². The van der Waals surface area contributed by atoms with Crippen LogP contribution in [0.2, 0.25) is 5.02 Å². The Kier molecular flexibility index (Phi) is 5.76. The van der Waals surface area contributed by atoms with E-state index in [1.54, 1.807) is 18.2 Å². The summed E-state index contributed by atoms with van der Waals surface area (Å²) in [5.41, 5.74) is 0.993. The summed E-state index contributed by atoms with van der Waals surface area (Å²) in [5, 5.41) is 8.10. The molecule has 0 saturated carbocycles. The zero-order valence-electron chi connectivity index (χ0n) is 13.7. The average molecular weight is 450 g/mol. The van der Waals surface area contributed by atoms with Crippen molar-refractivity contribution in [3.63, 3.8) is 0 Å². The second-order valence-corrected chi connectivity index (χ2v) is 6.99. The van der Waals surface area contributed by atoms with Gasteiger partial charge in [0.2, 0.25) is 0 Å². The number of methoxy groups -OCH3 is 1. The highest BCUT2D eigenvalue weighted by Gasteiger charge is 2.19. The zero-order valence-corrected chi connectivity index (χ0v) is 16.8. The molecule has 0 bridgehead atoms. The molecule has 3 aromatic carbocycles. The van der Waals surface area contributed by atoms with E-state index in [1.165, 1.54) is 7.11 Å². The molecular weight excluding hydrogens is 436 g/mol. The summed E-state index contributed by atoms with van der Waals surface area (Å²) < 4.78 is 6.15. The summed E-state index contributed by atoms with van der Waals surface area (Å²) in [6, 6.07) is 16.6. The van der Waals surface area contributed by atoms with Crippen LogP contribution in [-0.2, 0) is 0 Å². The standard InChI is InChI=1S/C19H14BrClN2O2S/c1-25-17-13(10-11-6-2-3-7-12(11)16(17)20)18(24)23-19(26)22-15-9-5-4-8-14(15)21/h2-10H,1H3,(H2,22,23,24,26). The van der Waals surface area contributed by atoms with E-state index in [2.05, 4.69) is 26.6 Å². The van der Waals surface area contributed by atoms with Crippen molar-refractivity contribution in [2.24, 2.45) is 0 Å². The molecule has 4 nitrogen and oxygen atoms in total. The molecule has 0 heterocycles. The molecule has 7 heteroatoms. The van der Waals surface area contributed by atoms with Crippen LogP contribution in [0.25, 0.3) is 10.8 Å². The smallest absolute Gasteiger partial charge is 0.261 e. The number of nitrogens with one attached hydrogen (secondary N) is 2. The predicted octanol–water partition coefficient (Wildman–Crippen LogP) is 5.39. The van der Waals surface area contributed by atoms with Crippen LogP contribution in [0.1, 0.15) is 10.4 Å². The molecule has 0 radical (unpaired) electrons. The van der Waals surface area contributed by atoms with E-state index in [4.69, 9.17) is 28.6 Å². The number of ether oxygens (including phenoxy) is 1. The number of anilines is 1. The molecule has 0 saturated heterocycles. The first-order chi connectivity index (χ1) is 12.5. The fourth-order valence-electron chi connectivity index (χ4n) is 2.54. The van der Waals surface area contributed by atoms with E-state index in [9.17, 15) is 4.79 Å². The number of carbonyl (C=O) groups is 1. The maximum atomic E-state index is 12.7. The first-order valence-electron chi connectivity index (χ1n) is 7.63. The Morgan fingerprint density at radius 2 is 1.85 bits per heavy atom. The van der Waals surface area contributed by atoms with Gasteiger partial charge in [0.25, 0.3) is 5.91 Å². The Bertz CT molecular complexity index is 1010. The second kappa shape index (κ2) is 8.03. The molecule has 0 aliphatic carbocycles. The van der Waals surface area contributed by atoms with Crippen LogP contribution in [0.3, 0.4) is 0 Å². The van der Waals surface area contributed by atoms with Crippen LogP contribution < -0.4 is 15.4 Å². The number of carbonyl (C=O) groups excluding carboxylic acids is 1. The number of para-hydroxylation sites is 1. The van der Waals surface area contributed by atoms with Gasteiger partial charge in [0.1, 0.15) is 5.75 Å². The SMILES string of the molecule is COc1c(C(=O)NC(=S)Nc2ccccc2Cl)cc2ccccc2c1Br. The van der Waals surface area contributed by atoms with Gasteiger partial charge in [-0.2, -0.15) is 0 Å². The molecule has 26 heavy (non-hydrogen) atoms. The Balaban J connectivity index is 1.88. The second-order valence-electron chi connectivity index (χ2n) is 5.38. The van der Waals surface area contributed by atoms with Crippen molar-refractivity contribution < 1.29 is 9.53 Å². The van der Waals surface area contributed by atoms with Gasteiger partial charge in [0, 0.05) is 0 Å². The lowest BCUT2D eigenvalue weighted by Crippen LogP contribution is -2.34. The molecule has 0 fully saturated rings. The van der Waals surface area contributed by atoms with Gasteiger partial charge in [-0.1, -0.05) is 48.0 Å². The van der Waals surface area contributed by atoms with Gasteiger partial charge >= 0.3 is 0 Å². The number of hydrogen-bond donors (Lipinski definition) is 2. The molecule has 0 spiro atoms. The van der Waals surface area contributed by atoms with Crippen LogP contribution in [-0.4, -0.2) is 18.1 Å². The molecular formula is C19H14BrClN2O2S. The summed E-state index contributed by atoms with van der Waals surface area (Å²) in [6.45, 7) is 0. The number of rotatable bonds is 3. The van der Waals surface area contributed by atoms with E-state index in [0.717, 1.165) is 10.8 Å². The fraction of sp³-hybridized carbons (Fsp3) is 0.0526. The van der Waals surface area contributed by atoms with Crippen molar-refractivity contribution in [3.8, 4) is 5.75 Å². The Labute approximate surface area is 169 Å². The molecule has 1 amide bonds. The largest absolute Gasteiger partial charge is 0.495 e. The minimum absolute atomic E-state index is 0.148. The van der Waals surface area contributed by atoms with E-state index in [0.29, 0.717) is 26.5 Å². The number of halogens is 2. The lowest BCUT2D eigenvalue weighted by atomic mass is 10.1. The van der Waals surface area contributed by atoms with Crippen molar-refractivity contribution in [1.29, 1.82) is 0 Å². The highest BCUT2D eigenvalue weighted by molar-refractivity contribution is 9.10. The molecule has 3 rings (SSSR count). The van der Waals surface area contributed by atoms with Gasteiger partial charge in [0.15, 0.2) is 5.11 Å². The predicted molar refractivity (Wildman–Crippen MR) is 113 cm³/mol. The average Bonchev–Trinajstić information content (AvgIpc) is 2.63. The quantitative estimate of drug-likeness (QED) is 0.526. The summed E-state index contributed by atoms with van der Waals surface area (Å²) in [4.78, 5) is 12.7. The molecule has 0 atom stereocenters. The number of fused-ring (bicyclic) bond motifs is 1. The first-order valence-corrected chi connectivity index (χ1v) is 9.21. The molecule has 2 N–H and O–H groups in total. The van der Waals surface area contributed by atoms with Crippen molar-refractivity contribution >= 4 is 67.2 Å². The van der Waals surface area contributed by atoms with Crippen molar-refractivity contribution in [2.75, 3.05) is 12.4 Å². The summed E-state index contributed by atoms with van der Waals surface area (Å²) in [7, 11) is 1.52. The van der Waals surface area contributed by atoms with E-state index < -0.39 is 0 Å². The minimum atomic E-state index is -0.377. The Morgan fingerprint density at radius 1 is 1.15 bits per heavy atom. The van der Waals surface area contributed by atoms with Gasteiger partial charge in [-0.3, -0.25) is 10.1 Å². The number of thiocarbonyl (C=S) groups is 1. The lowest BCUT2D eigenvalue weighted by Gasteiger charge is -2.15. The number of benzene rings is 3. The number of hydrogen-bond acceptors (Lipinski definition) is 3. The molecule has 0 aliphatic heterocycles. The normalized spacial score (nSPS) is 10.4. The monoisotopic (exact) mass is 448 g/mol. The lowest BCUT2D eigenvalue weighted by molar-refractivity contribution is 0.0975. The minimum Gasteiger partial charge on any atom is -0.495 e. The maximum absolute atomic E-state index is 12.7. The first kappa shape index (κ1) is 18.6. The van der Waals surface area contributed by atoms with Crippen molar-refractivity contribution in [2.45, 2.75) is 0 Å². The number of amides is 1. The van der Waals surface area contributed by atoms with Gasteiger partial charge in [-0.15, -0.1) is 0 Å². The maximum Gasteiger partial charge on any atom is 0.261 e. The molecule has 3 aromatic rings. The van der Waals surface area contributed by atoms with Gasteiger partial charge in [-0.05, 0) is 57.1 Å². The zero-order chi connectivity index (χ0) is 18.7. The molecule has 0 unspecified atom stereocenters. The van der Waals surface area contributed by atoms with Gasteiger partial charge in [-0.25, -0.2) is 0 Å². The van der Waals surface area contributed by atoms with E-state index in [-0.39, 0.29) is 11.0 Å². The highest BCUT2D eigenvalue weighted by atomic mass is 79.9. The Morgan fingerprint density at radius 3 is 2.58 bits per heavy atom. The topological polar surface area (TPSA) is 50.4 Å². The van der Waals surface area contributed by atoms with Gasteiger partial charge in [0.05, 0.1) is 27.9 Å². The van der Waals surface area contributed by atoms with Crippen LogP contribution >= 0.6 is 39.7 Å². The van der Waals surface area contributed by atoms with E-state index >= 15 is 0 Å². The van der Waals surface area contributed by atoms with Crippen LogP contribution in [0.4, 0.5) is 5.69 Å². The van der Waals surface area contributed by atoms with Crippen molar-refractivity contribution in [1.82, 2.24) is 5.32 Å².